The molecule has 0 radical (unpaired) electrons. The monoisotopic (exact) mass is 531 g/mol. The quantitative estimate of drug-likeness (QED) is 0.124. The van der Waals surface area contributed by atoms with Crippen molar-refractivity contribution in [2.75, 3.05) is 32.0 Å². The first-order valence-electron chi connectivity index (χ1n) is 11.4. The van der Waals surface area contributed by atoms with Crippen molar-refractivity contribution < 1.29 is 4.84 Å². The van der Waals surface area contributed by atoms with E-state index in [4.69, 9.17) is 28.0 Å². The third kappa shape index (κ3) is 10.6. The van der Waals surface area contributed by atoms with Crippen LogP contribution in [0.4, 0.5) is 5.82 Å². The summed E-state index contributed by atoms with van der Waals surface area (Å²) in [7, 11) is 1.64. The van der Waals surface area contributed by atoms with Crippen LogP contribution in [0.2, 0.25) is 5.15 Å². The van der Waals surface area contributed by atoms with E-state index in [-0.39, 0.29) is 16.5 Å². The van der Waals surface area contributed by atoms with Crippen LogP contribution in [-0.2, 0) is 17.8 Å². The number of anilines is 1. The van der Waals surface area contributed by atoms with E-state index in [0.29, 0.717) is 44.9 Å². The summed E-state index contributed by atoms with van der Waals surface area (Å²) in [5.41, 5.74) is 2.95. The van der Waals surface area contributed by atoms with Crippen molar-refractivity contribution in [3.8, 4) is 0 Å². The molecule has 192 valence electrons. The molecule has 11 heteroatoms. The molecule has 0 aliphatic carbocycles. The number of nitrogens with zero attached hydrogens (tertiary/aromatic N) is 5. The highest BCUT2D eigenvalue weighted by molar-refractivity contribution is 6.29. The van der Waals surface area contributed by atoms with Gasteiger partial charge in [-0.15, -0.1) is 0 Å². The van der Waals surface area contributed by atoms with Gasteiger partial charge in [-0.3, -0.25) is 19.3 Å². The van der Waals surface area contributed by atoms with Crippen LogP contribution >= 0.6 is 23.2 Å². The summed E-state index contributed by atoms with van der Waals surface area (Å²) in [6.45, 7) is 3.94. The molecule has 0 fully saturated rings. The second-order valence-corrected chi connectivity index (χ2v) is 7.93. The zero-order valence-electron chi connectivity index (χ0n) is 20.4. The number of halogens is 2. The highest BCUT2D eigenvalue weighted by Crippen LogP contribution is 2.06. The lowest BCUT2D eigenvalue weighted by atomic mass is 10.2. The van der Waals surface area contributed by atoms with E-state index in [1.165, 1.54) is 16.3 Å². The van der Waals surface area contributed by atoms with Gasteiger partial charge in [0.1, 0.15) is 5.15 Å². The molecule has 0 aliphatic heterocycles. The smallest absolute Gasteiger partial charge is 0.294 e. The number of pyridine rings is 1. The first-order chi connectivity index (χ1) is 17.6. The average molecular weight is 532 g/mol. The predicted molar refractivity (Wildman–Crippen MR) is 148 cm³/mol. The maximum Gasteiger partial charge on any atom is 0.294 e. The number of nitrogens with one attached hydrogen (secondary N) is 2. The number of hydrogen-bond acceptors (Lipinski definition) is 8. The van der Waals surface area contributed by atoms with E-state index in [1.54, 1.807) is 31.6 Å². The molecule has 2 N–H and O–H groups in total. The molecule has 0 saturated heterocycles. The van der Waals surface area contributed by atoms with Gasteiger partial charge in [0.15, 0.2) is 5.82 Å². The minimum atomic E-state index is -0.269. The summed E-state index contributed by atoms with van der Waals surface area (Å²) in [4.78, 5) is 30.7. The summed E-state index contributed by atoms with van der Waals surface area (Å²) < 4.78 is 1.48. The van der Waals surface area contributed by atoms with Crippen molar-refractivity contribution in [2.24, 2.45) is 10.1 Å². The summed E-state index contributed by atoms with van der Waals surface area (Å²) in [6.07, 6.45) is 13.3. The lowest BCUT2D eigenvalue weighted by molar-refractivity contribution is 0.318. The van der Waals surface area contributed by atoms with Gasteiger partial charge in [0.05, 0.1) is 12.4 Å². The highest BCUT2D eigenvalue weighted by atomic mass is 35.5. The van der Waals surface area contributed by atoms with E-state index >= 15 is 0 Å². The molecule has 0 amide bonds. The summed E-state index contributed by atoms with van der Waals surface area (Å²) >= 11 is 11.7. The molecule has 0 spiro atoms. The highest BCUT2D eigenvalue weighted by Gasteiger charge is 2.09. The van der Waals surface area contributed by atoms with Crippen LogP contribution < -0.4 is 16.2 Å². The van der Waals surface area contributed by atoms with E-state index < -0.39 is 0 Å². The van der Waals surface area contributed by atoms with Crippen LogP contribution in [0.1, 0.15) is 19.0 Å². The zero-order chi connectivity index (χ0) is 26.0. The number of allylic oxidation sites excluding steroid dienone is 5. The van der Waals surface area contributed by atoms with E-state index in [9.17, 15) is 4.79 Å². The number of oxime groups is 1. The van der Waals surface area contributed by atoms with E-state index in [1.807, 2.05) is 37.3 Å². The van der Waals surface area contributed by atoms with Gasteiger partial charge in [-0.05, 0) is 24.6 Å². The van der Waals surface area contributed by atoms with Crippen molar-refractivity contribution in [1.29, 1.82) is 0 Å². The molecule has 0 bridgehead atoms. The van der Waals surface area contributed by atoms with Crippen molar-refractivity contribution in [1.82, 2.24) is 19.9 Å². The Bertz CT molecular complexity index is 1140. The van der Waals surface area contributed by atoms with Crippen molar-refractivity contribution in [3.05, 3.63) is 87.2 Å². The fourth-order valence-electron chi connectivity index (χ4n) is 2.93. The summed E-state index contributed by atoms with van der Waals surface area (Å²) in [6, 6.07) is 5.73. The van der Waals surface area contributed by atoms with E-state index in [0.717, 1.165) is 11.3 Å². The van der Waals surface area contributed by atoms with Crippen LogP contribution in [0.3, 0.4) is 0 Å². The third-order valence-electron chi connectivity index (χ3n) is 4.85. The predicted octanol–water partition coefficient (Wildman–Crippen LogP) is 4.21. The number of aromatic nitrogens is 3. The van der Waals surface area contributed by atoms with Crippen LogP contribution in [0.15, 0.2) is 80.9 Å². The largest absolute Gasteiger partial charge is 0.365 e. The first-order valence-corrected chi connectivity index (χ1v) is 12.3. The number of hydrogen-bond donors (Lipinski definition) is 2. The molecule has 36 heavy (non-hydrogen) atoms. The van der Waals surface area contributed by atoms with Gasteiger partial charge in [0, 0.05) is 63.5 Å². The fourth-order valence-corrected chi connectivity index (χ4v) is 3.23. The lowest BCUT2D eigenvalue weighted by Gasteiger charge is -2.12. The zero-order valence-corrected chi connectivity index (χ0v) is 21.9. The summed E-state index contributed by atoms with van der Waals surface area (Å²) in [5.74, 6) is 0.744. The van der Waals surface area contributed by atoms with Gasteiger partial charge < -0.3 is 15.5 Å². The van der Waals surface area contributed by atoms with Gasteiger partial charge in [0.2, 0.25) is 5.90 Å². The van der Waals surface area contributed by atoms with Crippen LogP contribution in [0.5, 0.6) is 0 Å². The van der Waals surface area contributed by atoms with Crippen LogP contribution in [0, 0.1) is 0 Å². The second kappa shape index (κ2) is 17.2. The Morgan fingerprint density at radius 3 is 2.81 bits per heavy atom. The summed E-state index contributed by atoms with van der Waals surface area (Å²) in [5, 5.41) is 10.6. The van der Waals surface area contributed by atoms with Gasteiger partial charge in [0.25, 0.3) is 5.56 Å². The number of aliphatic imine (C=N–C) groups is 1. The Kier molecular flexibility index (Phi) is 13.8. The molecule has 0 unspecified atom stereocenters. The molecule has 2 aromatic heterocycles. The molecule has 0 aromatic carbocycles. The van der Waals surface area contributed by atoms with Crippen molar-refractivity contribution in [3.63, 3.8) is 0 Å². The Morgan fingerprint density at radius 2 is 2.08 bits per heavy atom. The Morgan fingerprint density at radius 1 is 1.22 bits per heavy atom. The Hall–Kier alpha value is -3.27. The molecule has 2 heterocycles. The third-order valence-corrected chi connectivity index (χ3v) is 5.30. The normalized spacial score (nSPS) is 12.8. The number of rotatable bonds is 14. The second-order valence-electron chi connectivity index (χ2n) is 7.29. The van der Waals surface area contributed by atoms with Crippen LogP contribution in [-0.4, -0.2) is 53.3 Å². The van der Waals surface area contributed by atoms with Crippen molar-refractivity contribution >= 4 is 41.1 Å². The SMILES string of the molecule is C/C=C(\C=C/C=C/Cl)/C=N/OC(CCNCCn1c(Cl)cnc(NCCc2ccccn2)c1=O)=NC. The molecule has 9 nitrogen and oxygen atoms in total. The molecule has 0 atom stereocenters. The molecular formula is C25H31Cl2N7O2. The molecule has 2 aromatic rings. The minimum absolute atomic E-state index is 0.260. The molecule has 0 aliphatic rings. The van der Waals surface area contributed by atoms with Gasteiger partial charge in [-0.2, -0.15) is 0 Å². The Labute approximate surface area is 221 Å². The molecule has 2 rings (SSSR count). The topological polar surface area (TPSA) is 106 Å². The first kappa shape index (κ1) is 29.0. The standard InChI is InChI=1S/C25H31Cl2N7O2/c1-3-20(8-4-6-12-26)18-33-36-23(28-2)11-14-29-16-17-34-22(27)19-32-24(25(34)35)31-15-10-21-9-5-7-13-30-21/h3-9,12-13,18-19,29H,10-11,14-17H2,1-2H3,(H,31,32)/b8-4-,12-6+,20-3+,28-23?,33-18+. The average Bonchev–Trinajstić information content (AvgIpc) is 2.90. The molecule has 0 saturated carbocycles. The van der Waals surface area contributed by atoms with Crippen molar-refractivity contribution in [2.45, 2.75) is 26.3 Å². The molecular weight excluding hydrogens is 501 g/mol. The van der Waals surface area contributed by atoms with Gasteiger partial charge in [-0.1, -0.05) is 58.7 Å². The minimum Gasteiger partial charge on any atom is -0.365 e. The van der Waals surface area contributed by atoms with Crippen LogP contribution in [0.25, 0.3) is 0 Å². The maximum atomic E-state index is 12.8. The lowest BCUT2D eigenvalue weighted by Crippen LogP contribution is -2.31. The Balaban J connectivity index is 1.77. The van der Waals surface area contributed by atoms with E-state index in [2.05, 4.69) is 30.7 Å². The fraction of sp³-hybridized carbons (Fsp3) is 0.320. The maximum absolute atomic E-state index is 12.8. The van der Waals surface area contributed by atoms with Gasteiger partial charge in [-0.25, -0.2) is 4.98 Å². The van der Waals surface area contributed by atoms with Gasteiger partial charge >= 0.3 is 0 Å².